The third-order valence-corrected chi connectivity index (χ3v) is 5.93. The van der Waals surface area contributed by atoms with Crippen LogP contribution in [0.25, 0.3) is 0 Å². The molecule has 4 rings (SSSR count). The number of carbonyl (C=O) groups excluding carboxylic acids is 3. The highest BCUT2D eigenvalue weighted by Gasteiger charge is 2.29. The number of amides is 3. The van der Waals surface area contributed by atoms with Gasteiger partial charge in [-0.25, -0.2) is 0 Å². The summed E-state index contributed by atoms with van der Waals surface area (Å²) in [6.45, 7) is 1.24. The SMILES string of the molecule is O=C(NC1CCN(C(=O)c2ccc(NC(=O)C3CC3)cc2)CC1)c1ccsc1. The quantitative estimate of drug-likeness (QED) is 0.814. The van der Waals surface area contributed by atoms with E-state index in [-0.39, 0.29) is 29.7 Å². The fourth-order valence-corrected chi connectivity index (χ4v) is 3.99. The first-order valence-electron chi connectivity index (χ1n) is 9.63. The molecule has 1 aromatic heterocycles. The van der Waals surface area contributed by atoms with Gasteiger partial charge in [-0.3, -0.25) is 14.4 Å². The Kier molecular flexibility index (Phi) is 5.43. The smallest absolute Gasteiger partial charge is 0.253 e. The summed E-state index contributed by atoms with van der Waals surface area (Å²) in [5, 5.41) is 9.66. The second-order valence-corrected chi connectivity index (χ2v) is 8.17. The Labute approximate surface area is 167 Å². The maximum absolute atomic E-state index is 12.7. The Hall–Kier alpha value is -2.67. The Morgan fingerprint density at radius 2 is 1.64 bits per heavy atom. The monoisotopic (exact) mass is 397 g/mol. The first-order chi connectivity index (χ1) is 13.6. The molecule has 28 heavy (non-hydrogen) atoms. The van der Waals surface area contributed by atoms with Crippen molar-refractivity contribution in [2.24, 2.45) is 5.92 Å². The summed E-state index contributed by atoms with van der Waals surface area (Å²) in [7, 11) is 0. The molecule has 1 saturated heterocycles. The second-order valence-electron chi connectivity index (χ2n) is 7.39. The van der Waals surface area contributed by atoms with E-state index in [9.17, 15) is 14.4 Å². The van der Waals surface area contributed by atoms with Crippen LogP contribution in [-0.4, -0.2) is 41.8 Å². The van der Waals surface area contributed by atoms with E-state index in [4.69, 9.17) is 0 Å². The van der Waals surface area contributed by atoms with Crippen LogP contribution in [0.15, 0.2) is 41.1 Å². The second kappa shape index (κ2) is 8.14. The lowest BCUT2D eigenvalue weighted by Gasteiger charge is -2.32. The predicted octanol–water partition coefficient (Wildman–Crippen LogP) is 3.13. The molecule has 1 aliphatic carbocycles. The van der Waals surface area contributed by atoms with Gasteiger partial charge >= 0.3 is 0 Å². The molecule has 0 bridgehead atoms. The van der Waals surface area contributed by atoms with E-state index in [0.29, 0.717) is 24.2 Å². The first kappa shape index (κ1) is 18.7. The van der Waals surface area contributed by atoms with Gasteiger partial charge in [-0.1, -0.05) is 0 Å². The standard InChI is InChI=1S/C21H23N3O3S/c25-19(14-1-2-14)22-17-5-3-15(4-6-17)21(27)24-10-7-18(8-11-24)23-20(26)16-9-12-28-13-16/h3-6,9,12-14,18H,1-2,7-8,10-11H2,(H,22,25)(H,23,26). The summed E-state index contributed by atoms with van der Waals surface area (Å²) in [6.07, 6.45) is 3.42. The lowest BCUT2D eigenvalue weighted by atomic mass is 10.0. The molecule has 0 atom stereocenters. The largest absolute Gasteiger partial charge is 0.349 e. The van der Waals surface area contributed by atoms with Crippen LogP contribution in [0.1, 0.15) is 46.4 Å². The molecule has 2 fully saturated rings. The van der Waals surface area contributed by atoms with Crippen molar-refractivity contribution in [3.05, 3.63) is 52.2 Å². The Balaban J connectivity index is 1.27. The summed E-state index contributed by atoms with van der Waals surface area (Å²) in [6, 6.07) is 8.99. The fourth-order valence-electron chi connectivity index (χ4n) is 3.36. The number of likely N-dealkylation sites (tertiary alicyclic amines) is 1. The highest BCUT2D eigenvalue weighted by molar-refractivity contribution is 7.08. The molecule has 2 N–H and O–H groups in total. The van der Waals surface area contributed by atoms with Crippen LogP contribution >= 0.6 is 11.3 Å². The molecular formula is C21H23N3O3S. The predicted molar refractivity (Wildman–Crippen MR) is 109 cm³/mol. The van der Waals surface area contributed by atoms with Crippen molar-refractivity contribution in [3.63, 3.8) is 0 Å². The van der Waals surface area contributed by atoms with Gasteiger partial charge in [0.05, 0.1) is 0 Å². The van der Waals surface area contributed by atoms with E-state index in [1.54, 1.807) is 24.3 Å². The molecule has 1 aromatic carbocycles. The minimum absolute atomic E-state index is 0.0114. The normalized spacial score (nSPS) is 17.2. The van der Waals surface area contributed by atoms with Gasteiger partial charge in [-0.15, -0.1) is 0 Å². The van der Waals surface area contributed by atoms with Crippen molar-refractivity contribution in [1.82, 2.24) is 10.2 Å². The van der Waals surface area contributed by atoms with Crippen molar-refractivity contribution in [2.75, 3.05) is 18.4 Å². The van der Waals surface area contributed by atoms with Crippen LogP contribution in [0.3, 0.4) is 0 Å². The lowest BCUT2D eigenvalue weighted by molar-refractivity contribution is -0.117. The van der Waals surface area contributed by atoms with E-state index >= 15 is 0 Å². The third kappa shape index (κ3) is 4.42. The number of hydrogen-bond acceptors (Lipinski definition) is 4. The zero-order valence-corrected chi connectivity index (χ0v) is 16.3. The van der Waals surface area contributed by atoms with E-state index in [1.165, 1.54) is 11.3 Å². The van der Waals surface area contributed by atoms with Crippen LogP contribution in [0.2, 0.25) is 0 Å². The maximum atomic E-state index is 12.7. The molecule has 0 unspecified atom stereocenters. The number of benzene rings is 1. The molecule has 0 spiro atoms. The average Bonchev–Trinajstić information content (AvgIpc) is 3.43. The minimum Gasteiger partial charge on any atom is -0.349 e. The number of nitrogens with zero attached hydrogens (tertiary/aromatic N) is 1. The van der Waals surface area contributed by atoms with Gasteiger partial charge < -0.3 is 15.5 Å². The Morgan fingerprint density at radius 1 is 0.929 bits per heavy atom. The summed E-state index contributed by atoms with van der Waals surface area (Å²) in [5.74, 6) is 0.158. The van der Waals surface area contributed by atoms with E-state index < -0.39 is 0 Å². The van der Waals surface area contributed by atoms with Crippen molar-refractivity contribution < 1.29 is 14.4 Å². The highest BCUT2D eigenvalue weighted by Crippen LogP contribution is 2.30. The van der Waals surface area contributed by atoms with Crippen molar-refractivity contribution >= 4 is 34.7 Å². The molecule has 1 aliphatic heterocycles. The van der Waals surface area contributed by atoms with Gasteiger partial charge in [-0.05, 0) is 61.4 Å². The third-order valence-electron chi connectivity index (χ3n) is 5.25. The molecule has 2 aliphatic rings. The number of rotatable bonds is 5. The molecule has 7 heteroatoms. The molecular weight excluding hydrogens is 374 g/mol. The van der Waals surface area contributed by atoms with Crippen molar-refractivity contribution in [1.29, 1.82) is 0 Å². The summed E-state index contributed by atoms with van der Waals surface area (Å²) < 4.78 is 0. The number of piperidine rings is 1. The van der Waals surface area contributed by atoms with Crippen LogP contribution in [0.5, 0.6) is 0 Å². The Morgan fingerprint density at radius 3 is 2.25 bits per heavy atom. The average molecular weight is 398 g/mol. The zero-order chi connectivity index (χ0) is 19.5. The molecule has 1 saturated carbocycles. The van der Waals surface area contributed by atoms with Crippen LogP contribution in [0.4, 0.5) is 5.69 Å². The number of thiophene rings is 1. The fraction of sp³-hybridized carbons (Fsp3) is 0.381. The van der Waals surface area contributed by atoms with E-state index in [2.05, 4.69) is 10.6 Å². The number of carbonyl (C=O) groups is 3. The first-order valence-corrected chi connectivity index (χ1v) is 10.6. The topological polar surface area (TPSA) is 78.5 Å². The number of nitrogens with one attached hydrogen (secondary N) is 2. The minimum atomic E-state index is -0.0464. The Bertz CT molecular complexity index is 852. The zero-order valence-electron chi connectivity index (χ0n) is 15.5. The van der Waals surface area contributed by atoms with Gasteiger partial charge in [0, 0.05) is 47.2 Å². The molecule has 2 aromatic rings. The molecule has 3 amide bonds. The molecule has 6 nitrogen and oxygen atoms in total. The van der Waals surface area contributed by atoms with Crippen LogP contribution in [-0.2, 0) is 4.79 Å². The van der Waals surface area contributed by atoms with Gasteiger partial charge in [0.2, 0.25) is 5.91 Å². The van der Waals surface area contributed by atoms with Gasteiger partial charge in [0.1, 0.15) is 0 Å². The van der Waals surface area contributed by atoms with Gasteiger partial charge in [-0.2, -0.15) is 11.3 Å². The van der Waals surface area contributed by atoms with Crippen molar-refractivity contribution in [3.8, 4) is 0 Å². The summed E-state index contributed by atoms with van der Waals surface area (Å²) >= 11 is 1.50. The summed E-state index contributed by atoms with van der Waals surface area (Å²) in [5.41, 5.74) is 2.03. The summed E-state index contributed by atoms with van der Waals surface area (Å²) in [4.78, 5) is 38.5. The van der Waals surface area contributed by atoms with Crippen molar-refractivity contribution in [2.45, 2.75) is 31.7 Å². The molecule has 146 valence electrons. The number of hydrogen-bond donors (Lipinski definition) is 2. The molecule has 2 heterocycles. The molecule has 0 radical (unpaired) electrons. The van der Waals surface area contributed by atoms with Crippen LogP contribution < -0.4 is 10.6 Å². The highest BCUT2D eigenvalue weighted by atomic mass is 32.1. The lowest BCUT2D eigenvalue weighted by Crippen LogP contribution is -2.46. The number of anilines is 1. The van der Waals surface area contributed by atoms with E-state index in [0.717, 1.165) is 31.4 Å². The van der Waals surface area contributed by atoms with Crippen LogP contribution in [0, 0.1) is 5.92 Å². The maximum Gasteiger partial charge on any atom is 0.253 e. The van der Waals surface area contributed by atoms with E-state index in [1.807, 2.05) is 21.7 Å². The van der Waals surface area contributed by atoms with Gasteiger partial charge in [0.15, 0.2) is 0 Å². The van der Waals surface area contributed by atoms with Gasteiger partial charge in [0.25, 0.3) is 11.8 Å².